The molecule has 1 saturated heterocycles. The Morgan fingerprint density at radius 2 is 2.26 bits per heavy atom. The van der Waals surface area contributed by atoms with E-state index in [9.17, 15) is 0 Å². The molecule has 0 aliphatic carbocycles. The van der Waals surface area contributed by atoms with Gasteiger partial charge in [0.1, 0.15) is 16.9 Å². The topological polar surface area (TPSA) is 30.5 Å². The van der Waals surface area contributed by atoms with Gasteiger partial charge in [0.05, 0.1) is 11.6 Å². The summed E-state index contributed by atoms with van der Waals surface area (Å²) in [6.07, 6.45) is 1.10. The van der Waals surface area contributed by atoms with Crippen LogP contribution in [0.15, 0.2) is 18.2 Å². The second-order valence-electron chi connectivity index (χ2n) is 4.62. The molecular formula is C14H19Cl2NO2. The molecule has 1 aliphatic heterocycles. The molecule has 0 saturated carbocycles. The van der Waals surface area contributed by atoms with E-state index >= 15 is 0 Å². The van der Waals surface area contributed by atoms with Crippen LogP contribution in [0.3, 0.4) is 0 Å². The number of halogens is 2. The smallest absolute Gasteiger partial charge is 0.139 e. The van der Waals surface area contributed by atoms with Crippen molar-refractivity contribution < 1.29 is 9.47 Å². The van der Waals surface area contributed by atoms with Crippen LogP contribution in [0, 0.1) is 5.92 Å². The Labute approximate surface area is 124 Å². The first kappa shape index (κ1) is 14.9. The highest BCUT2D eigenvalue weighted by Crippen LogP contribution is 2.33. The monoisotopic (exact) mass is 303 g/mol. The molecule has 0 spiro atoms. The molecule has 1 heterocycles. The minimum atomic E-state index is 0.00548. The molecule has 2 rings (SSSR count). The van der Waals surface area contributed by atoms with Crippen LogP contribution in [0.25, 0.3) is 0 Å². The Bertz CT molecular complexity index is 408. The fourth-order valence-electron chi connectivity index (χ4n) is 2.23. The molecule has 5 heteroatoms. The van der Waals surface area contributed by atoms with Gasteiger partial charge >= 0.3 is 0 Å². The number of benzene rings is 1. The average molecular weight is 304 g/mol. The van der Waals surface area contributed by atoms with Gasteiger partial charge in [-0.3, -0.25) is 0 Å². The highest BCUT2D eigenvalue weighted by atomic mass is 35.5. The largest absolute Gasteiger partial charge is 0.486 e. The highest BCUT2D eigenvalue weighted by molar-refractivity contribution is 6.42. The van der Waals surface area contributed by atoms with Crippen molar-refractivity contribution in [2.24, 2.45) is 5.92 Å². The van der Waals surface area contributed by atoms with Gasteiger partial charge < -0.3 is 14.8 Å². The molecule has 2 atom stereocenters. The van der Waals surface area contributed by atoms with Gasteiger partial charge in [-0.15, -0.1) is 0 Å². The fraction of sp³-hybridized carbons (Fsp3) is 0.571. The fourth-order valence-corrected chi connectivity index (χ4v) is 2.57. The zero-order valence-corrected chi connectivity index (χ0v) is 12.5. The number of hydrogen-bond donors (Lipinski definition) is 1. The minimum absolute atomic E-state index is 0.00548. The highest BCUT2D eigenvalue weighted by Gasteiger charge is 2.27. The molecule has 1 aromatic carbocycles. The van der Waals surface area contributed by atoms with Crippen molar-refractivity contribution in [2.45, 2.75) is 19.4 Å². The van der Waals surface area contributed by atoms with Crippen LogP contribution in [0.4, 0.5) is 0 Å². The first-order chi connectivity index (χ1) is 9.22. The molecule has 0 amide bonds. The first-order valence-electron chi connectivity index (χ1n) is 6.61. The van der Waals surface area contributed by atoms with Crippen molar-refractivity contribution in [3.05, 3.63) is 28.2 Å². The van der Waals surface area contributed by atoms with Crippen molar-refractivity contribution in [2.75, 3.05) is 26.3 Å². The van der Waals surface area contributed by atoms with E-state index in [2.05, 4.69) is 5.32 Å². The summed E-state index contributed by atoms with van der Waals surface area (Å²) in [5.41, 5.74) is 0. The number of nitrogens with one attached hydrogen (secondary N) is 1. The maximum Gasteiger partial charge on any atom is 0.139 e. The predicted molar refractivity (Wildman–Crippen MR) is 78.3 cm³/mol. The molecule has 1 unspecified atom stereocenters. The minimum Gasteiger partial charge on any atom is -0.486 e. The molecular weight excluding hydrogens is 285 g/mol. The van der Waals surface area contributed by atoms with Gasteiger partial charge in [0.15, 0.2) is 0 Å². The van der Waals surface area contributed by atoms with E-state index in [1.54, 1.807) is 6.07 Å². The van der Waals surface area contributed by atoms with Crippen LogP contribution in [0.1, 0.15) is 13.3 Å². The number of hydrogen-bond acceptors (Lipinski definition) is 3. The molecule has 19 heavy (non-hydrogen) atoms. The van der Waals surface area contributed by atoms with Crippen molar-refractivity contribution in [1.29, 1.82) is 0 Å². The Balaban J connectivity index is 2.07. The van der Waals surface area contributed by atoms with Crippen LogP contribution < -0.4 is 10.1 Å². The van der Waals surface area contributed by atoms with Gasteiger partial charge in [-0.1, -0.05) is 29.3 Å². The van der Waals surface area contributed by atoms with Crippen molar-refractivity contribution >= 4 is 23.2 Å². The quantitative estimate of drug-likeness (QED) is 0.874. The van der Waals surface area contributed by atoms with Crippen LogP contribution in [-0.4, -0.2) is 32.4 Å². The third-order valence-corrected chi connectivity index (χ3v) is 4.11. The molecule has 0 aromatic heterocycles. The zero-order valence-electron chi connectivity index (χ0n) is 11.0. The Kier molecular flexibility index (Phi) is 5.76. The summed E-state index contributed by atoms with van der Waals surface area (Å²) < 4.78 is 11.6. The second-order valence-corrected chi connectivity index (χ2v) is 5.41. The standard InChI is InChI=1S/C14H19Cl2NO2/c1-2-18-9-13(10-6-7-17-8-10)19-12-5-3-4-11(15)14(12)16/h3-5,10,13,17H,2,6-9H2,1H3/t10?,13-/m0/s1. The normalized spacial score (nSPS) is 20.5. The van der Waals surface area contributed by atoms with Gasteiger partial charge in [-0.2, -0.15) is 0 Å². The molecule has 1 fully saturated rings. The molecule has 1 aromatic rings. The summed E-state index contributed by atoms with van der Waals surface area (Å²) >= 11 is 12.2. The lowest BCUT2D eigenvalue weighted by Gasteiger charge is -2.24. The Morgan fingerprint density at radius 3 is 2.95 bits per heavy atom. The summed E-state index contributed by atoms with van der Waals surface area (Å²) in [7, 11) is 0. The van der Waals surface area contributed by atoms with Crippen molar-refractivity contribution in [3.63, 3.8) is 0 Å². The summed E-state index contributed by atoms with van der Waals surface area (Å²) in [4.78, 5) is 0. The van der Waals surface area contributed by atoms with Crippen molar-refractivity contribution in [1.82, 2.24) is 5.32 Å². The summed E-state index contributed by atoms with van der Waals surface area (Å²) in [5, 5.41) is 4.33. The van der Waals surface area contributed by atoms with Gasteiger partial charge in [0, 0.05) is 19.1 Å². The SMILES string of the molecule is CCOC[C@H](Oc1cccc(Cl)c1Cl)C1CCNC1. The molecule has 3 nitrogen and oxygen atoms in total. The molecule has 1 N–H and O–H groups in total. The van der Waals surface area contributed by atoms with E-state index in [1.807, 2.05) is 19.1 Å². The van der Waals surface area contributed by atoms with E-state index in [0.29, 0.717) is 34.9 Å². The van der Waals surface area contributed by atoms with Crippen LogP contribution in [0.2, 0.25) is 10.0 Å². The maximum atomic E-state index is 6.16. The molecule has 106 valence electrons. The van der Waals surface area contributed by atoms with E-state index in [0.717, 1.165) is 19.5 Å². The van der Waals surface area contributed by atoms with Crippen molar-refractivity contribution in [3.8, 4) is 5.75 Å². The maximum absolute atomic E-state index is 6.16. The van der Waals surface area contributed by atoms with Gasteiger partial charge in [0.25, 0.3) is 0 Å². The van der Waals surface area contributed by atoms with Crippen LogP contribution in [0.5, 0.6) is 5.75 Å². The summed E-state index contributed by atoms with van der Waals surface area (Å²) in [5.74, 6) is 1.08. The van der Waals surface area contributed by atoms with E-state index < -0.39 is 0 Å². The zero-order chi connectivity index (χ0) is 13.7. The number of rotatable bonds is 6. The Hall–Kier alpha value is -0.480. The van der Waals surface area contributed by atoms with E-state index in [1.165, 1.54) is 0 Å². The average Bonchev–Trinajstić information content (AvgIpc) is 2.93. The summed E-state index contributed by atoms with van der Waals surface area (Å²) in [6, 6.07) is 5.44. The number of ether oxygens (including phenoxy) is 2. The lowest BCUT2D eigenvalue weighted by molar-refractivity contribution is 0.0292. The third kappa shape index (κ3) is 3.99. The summed E-state index contributed by atoms with van der Waals surface area (Å²) in [6.45, 7) is 5.22. The van der Waals surface area contributed by atoms with Gasteiger partial charge in [-0.05, 0) is 32.0 Å². The second kappa shape index (κ2) is 7.34. The van der Waals surface area contributed by atoms with Gasteiger partial charge in [-0.25, -0.2) is 0 Å². The lowest BCUT2D eigenvalue weighted by Crippen LogP contribution is -2.33. The molecule has 1 aliphatic rings. The van der Waals surface area contributed by atoms with E-state index in [-0.39, 0.29) is 6.10 Å². The molecule has 0 bridgehead atoms. The van der Waals surface area contributed by atoms with Gasteiger partial charge in [0.2, 0.25) is 0 Å². The van der Waals surface area contributed by atoms with Crippen LogP contribution >= 0.6 is 23.2 Å². The lowest BCUT2D eigenvalue weighted by atomic mass is 10.0. The van der Waals surface area contributed by atoms with E-state index in [4.69, 9.17) is 32.7 Å². The third-order valence-electron chi connectivity index (χ3n) is 3.30. The first-order valence-corrected chi connectivity index (χ1v) is 7.37. The van der Waals surface area contributed by atoms with Crippen LogP contribution in [-0.2, 0) is 4.74 Å². The Morgan fingerprint density at radius 1 is 1.42 bits per heavy atom. The predicted octanol–water partition coefficient (Wildman–Crippen LogP) is 3.39. The molecule has 0 radical (unpaired) electrons.